The number of fused-ring (bicyclic) bond motifs is 1. The summed E-state index contributed by atoms with van der Waals surface area (Å²) in [7, 11) is 0. The highest BCUT2D eigenvalue weighted by Crippen LogP contribution is 2.13. The number of carbonyl (C=O) groups excluding carboxylic acids is 1. The van der Waals surface area contributed by atoms with Crippen LogP contribution in [0.1, 0.15) is 16.2 Å². The molecule has 0 fully saturated rings. The van der Waals surface area contributed by atoms with Crippen molar-refractivity contribution in [3.63, 3.8) is 0 Å². The molecule has 0 aliphatic rings. The molecular weight excluding hydrogens is 234 g/mol. The number of rotatable bonds is 2. The van der Waals surface area contributed by atoms with E-state index < -0.39 is 0 Å². The number of hydrogen-bond acceptors (Lipinski definition) is 5. The van der Waals surface area contributed by atoms with Crippen LogP contribution in [0.4, 0.5) is 6.01 Å². The topological polar surface area (TPSA) is 96.7 Å². The Morgan fingerprint density at radius 3 is 3.11 bits per heavy atom. The summed E-state index contributed by atoms with van der Waals surface area (Å²) in [5.74, 6) is 0.157. The molecule has 0 saturated carbocycles. The number of hydrogen-bond donors (Lipinski definition) is 2. The molecule has 2 aromatic heterocycles. The first-order valence-electron chi connectivity index (χ1n) is 5.27. The maximum atomic E-state index is 11.9. The number of aromatic nitrogens is 4. The first-order valence-corrected chi connectivity index (χ1v) is 5.27. The highest BCUT2D eigenvalue weighted by Gasteiger charge is 2.11. The van der Waals surface area contributed by atoms with Crippen molar-refractivity contribution in [1.82, 2.24) is 20.1 Å². The first kappa shape index (κ1) is 10.5. The zero-order valence-corrected chi connectivity index (χ0v) is 9.47. The van der Waals surface area contributed by atoms with Crippen LogP contribution in [-0.2, 0) is 0 Å². The number of aryl methyl sites for hydroxylation is 1. The van der Waals surface area contributed by atoms with Crippen molar-refractivity contribution in [1.29, 1.82) is 0 Å². The lowest BCUT2D eigenvalue weighted by atomic mass is 10.2. The summed E-state index contributed by atoms with van der Waals surface area (Å²) >= 11 is 0. The maximum absolute atomic E-state index is 11.9. The van der Waals surface area contributed by atoms with Crippen LogP contribution in [-0.4, -0.2) is 26.0 Å². The minimum absolute atomic E-state index is 0.0854. The number of aromatic amines is 1. The zero-order valence-electron chi connectivity index (χ0n) is 9.47. The van der Waals surface area contributed by atoms with Crippen molar-refractivity contribution in [2.24, 2.45) is 0 Å². The fourth-order valence-corrected chi connectivity index (χ4v) is 1.59. The standard InChI is InChI=1S/C11H9N5O2/c1-6-14-11(18-16-6)15-10(17)7-2-3-8-9(4-7)13-5-12-8/h2-5H,1H3,(H,12,13)(H,14,15,16,17). The van der Waals surface area contributed by atoms with Crippen LogP contribution in [0.25, 0.3) is 11.0 Å². The Morgan fingerprint density at radius 1 is 1.44 bits per heavy atom. The van der Waals surface area contributed by atoms with Gasteiger partial charge in [0.2, 0.25) is 0 Å². The summed E-state index contributed by atoms with van der Waals surface area (Å²) in [5.41, 5.74) is 2.09. The van der Waals surface area contributed by atoms with Crippen LogP contribution >= 0.6 is 0 Å². The van der Waals surface area contributed by atoms with Gasteiger partial charge in [0.1, 0.15) is 0 Å². The molecule has 0 bridgehead atoms. The van der Waals surface area contributed by atoms with Gasteiger partial charge in [0, 0.05) is 5.56 Å². The van der Waals surface area contributed by atoms with Gasteiger partial charge in [-0.2, -0.15) is 4.98 Å². The summed E-state index contributed by atoms with van der Waals surface area (Å²) < 4.78 is 4.82. The molecule has 0 aliphatic carbocycles. The number of nitrogens with one attached hydrogen (secondary N) is 2. The van der Waals surface area contributed by atoms with Crippen molar-refractivity contribution in [3.05, 3.63) is 35.9 Å². The number of carbonyl (C=O) groups is 1. The van der Waals surface area contributed by atoms with Gasteiger partial charge in [-0.1, -0.05) is 5.16 Å². The molecule has 0 spiro atoms. The largest absolute Gasteiger partial charge is 0.345 e. The number of imidazole rings is 1. The van der Waals surface area contributed by atoms with Gasteiger partial charge in [-0.05, 0) is 25.1 Å². The molecule has 7 heteroatoms. The Morgan fingerprint density at radius 2 is 2.33 bits per heavy atom. The van der Waals surface area contributed by atoms with E-state index in [1.807, 2.05) is 0 Å². The monoisotopic (exact) mass is 243 g/mol. The van der Waals surface area contributed by atoms with E-state index in [0.717, 1.165) is 11.0 Å². The lowest BCUT2D eigenvalue weighted by Crippen LogP contribution is -2.12. The maximum Gasteiger partial charge on any atom is 0.328 e. The van der Waals surface area contributed by atoms with Crippen molar-refractivity contribution in [3.8, 4) is 0 Å². The number of anilines is 1. The fraction of sp³-hybridized carbons (Fsp3) is 0.0909. The van der Waals surface area contributed by atoms with Crippen molar-refractivity contribution < 1.29 is 9.32 Å². The zero-order chi connectivity index (χ0) is 12.5. The van der Waals surface area contributed by atoms with Gasteiger partial charge < -0.3 is 9.51 Å². The smallest absolute Gasteiger partial charge is 0.328 e. The number of benzene rings is 1. The number of nitrogens with zero attached hydrogens (tertiary/aromatic N) is 3. The van der Waals surface area contributed by atoms with E-state index >= 15 is 0 Å². The van der Waals surface area contributed by atoms with Crippen LogP contribution in [0.2, 0.25) is 0 Å². The molecule has 2 heterocycles. The lowest BCUT2D eigenvalue weighted by molar-refractivity contribution is 0.102. The minimum Gasteiger partial charge on any atom is -0.345 e. The van der Waals surface area contributed by atoms with E-state index in [9.17, 15) is 4.79 Å². The molecule has 0 radical (unpaired) electrons. The fourth-order valence-electron chi connectivity index (χ4n) is 1.59. The first-order chi connectivity index (χ1) is 8.72. The second-order valence-corrected chi connectivity index (χ2v) is 3.74. The van der Waals surface area contributed by atoms with Crippen molar-refractivity contribution in [2.45, 2.75) is 6.92 Å². The SMILES string of the molecule is Cc1noc(NC(=O)c2ccc3nc[nH]c3c2)n1. The average molecular weight is 243 g/mol. The molecule has 0 atom stereocenters. The highest BCUT2D eigenvalue weighted by atomic mass is 16.5. The van der Waals surface area contributed by atoms with Gasteiger partial charge in [-0.25, -0.2) is 4.98 Å². The van der Waals surface area contributed by atoms with Gasteiger partial charge >= 0.3 is 6.01 Å². The van der Waals surface area contributed by atoms with E-state index in [1.54, 1.807) is 31.5 Å². The Bertz CT molecular complexity index is 715. The van der Waals surface area contributed by atoms with Gasteiger partial charge in [-0.15, -0.1) is 0 Å². The third kappa shape index (κ3) is 1.81. The Labute approximate surface area is 101 Å². The second-order valence-electron chi connectivity index (χ2n) is 3.74. The Kier molecular flexibility index (Phi) is 2.30. The molecule has 1 aromatic carbocycles. The second kappa shape index (κ2) is 3.95. The van der Waals surface area contributed by atoms with Crippen LogP contribution in [0.5, 0.6) is 0 Å². The highest BCUT2D eigenvalue weighted by molar-refractivity contribution is 6.04. The summed E-state index contributed by atoms with van der Waals surface area (Å²) in [6.45, 7) is 1.68. The molecular formula is C11H9N5O2. The molecule has 18 heavy (non-hydrogen) atoms. The quantitative estimate of drug-likeness (QED) is 0.711. The van der Waals surface area contributed by atoms with E-state index in [4.69, 9.17) is 4.52 Å². The van der Waals surface area contributed by atoms with Crippen LogP contribution in [0.15, 0.2) is 29.0 Å². The minimum atomic E-state index is -0.310. The summed E-state index contributed by atoms with van der Waals surface area (Å²) in [6, 6.07) is 5.24. The summed E-state index contributed by atoms with van der Waals surface area (Å²) in [5, 5.41) is 6.11. The lowest BCUT2D eigenvalue weighted by Gasteiger charge is -1.99. The molecule has 0 aliphatic heterocycles. The molecule has 3 aromatic rings. The average Bonchev–Trinajstić information content (AvgIpc) is 2.96. The molecule has 2 N–H and O–H groups in total. The summed E-state index contributed by atoms with van der Waals surface area (Å²) in [4.78, 5) is 22.8. The molecule has 0 saturated heterocycles. The van der Waals surface area contributed by atoms with E-state index in [2.05, 4.69) is 25.4 Å². The van der Waals surface area contributed by atoms with Crippen LogP contribution in [0.3, 0.4) is 0 Å². The normalized spacial score (nSPS) is 10.7. The van der Waals surface area contributed by atoms with Crippen molar-refractivity contribution in [2.75, 3.05) is 5.32 Å². The van der Waals surface area contributed by atoms with E-state index in [0.29, 0.717) is 11.4 Å². The van der Waals surface area contributed by atoms with E-state index in [1.165, 1.54) is 0 Å². The molecule has 7 nitrogen and oxygen atoms in total. The predicted molar refractivity (Wildman–Crippen MR) is 63.1 cm³/mol. The predicted octanol–water partition coefficient (Wildman–Crippen LogP) is 1.51. The molecule has 1 amide bonds. The van der Waals surface area contributed by atoms with Crippen LogP contribution < -0.4 is 5.32 Å². The number of amides is 1. The summed E-state index contributed by atoms with van der Waals surface area (Å²) in [6.07, 6.45) is 1.58. The van der Waals surface area contributed by atoms with Gasteiger partial charge in [0.05, 0.1) is 17.4 Å². The third-order valence-corrected chi connectivity index (χ3v) is 2.43. The van der Waals surface area contributed by atoms with Gasteiger partial charge in [0.25, 0.3) is 5.91 Å². The van der Waals surface area contributed by atoms with Crippen LogP contribution in [0, 0.1) is 6.92 Å². The third-order valence-electron chi connectivity index (χ3n) is 2.43. The van der Waals surface area contributed by atoms with Crippen molar-refractivity contribution >= 4 is 23.0 Å². The molecule has 0 unspecified atom stereocenters. The van der Waals surface area contributed by atoms with Gasteiger partial charge in [-0.3, -0.25) is 10.1 Å². The molecule has 3 rings (SSSR count). The van der Waals surface area contributed by atoms with Gasteiger partial charge in [0.15, 0.2) is 5.82 Å². The molecule has 90 valence electrons. The van der Waals surface area contributed by atoms with E-state index in [-0.39, 0.29) is 11.9 Å². The Balaban J connectivity index is 1.87. The number of H-pyrrole nitrogens is 1. The Hall–Kier alpha value is -2.70.